The van der Waals surface area contributed by atoms with Crippen molar-refractivity contribution in [3.63, 3.8) is 0 Å². The Bertz CT molecular complexity index is 153. The Morgan fingerprint density at radius 1 is 1.60 bits per heavy atom. The highest BCUT2D eigenvalue weighted by molar-refractivity contribution is 5.09. The zero-order chi connectivity index (χ0) is 7.61. The predicted molar refractivity (Wildman–Crippen MR) is 38.4 cm³/mol. The summed E-state index contributed by atoms with van der Waals surface area (Å²) in [7, 11) is 0. The molecular formula is C8H13NO. The zero-order valence-corrected chi connectivity index (χ0v) is 6.55. The first-order valence-corrected chi connectivity index (χ1v) is 3.71. The second-order valence-corrected chi connectivity index (χ2v) is 3.25. The van der Waals surface area contributed by atoms with Crippen molar-refractivity contribution in [3.05, 3.63) is 0 Å². The first-order chi connectivity index (χ1) is 4.68. The minimum absolute atomic E-state index is 0.0930. The molecular weight excluding hydrogens is 126 g/mol. The highest BCUT2D eigenvalue weighted by atomic mass is 16.5. The fourth-order valence-electron chi connectivity index (χ4n) is 0.765. The van der Waals surface area contributed by atoms with Gasteiger partial charge in [-0.15, -0.1) is 0 Å². The van der Waals surface area contributed by atoms with Crippen LogP contribution >= 0.6 is 0 Å². The molecule has 56 valence electrons. The van der Waals surface area contributed by atoms with Crippen LogP contribution in [0.2, 0.25) is 0 Å². The highest BCUT2D eigenvalue weighted by Gasteiger charge is 2.43. The van der Waals surface area contributed by atoms with Gasteiger partial charge in [0.15, 0.2) is 0 Å². The third kappa shape index (κ3) is 1.71. The van der Waals surface area contributed by atoms with Crippen LogP contribution in [-0.4, -0.2) is 12.7 Å². The standard InChI is InChI=1S/C8H13NO/c1-7(2)10-6-8(5-9)3-4-8/h7H,3-4,6H2,1-2H3. The molecule has 0 bridgehead atoms. The van der Waals surface area contributed by atoms with Gasteiger partial charge in [-0.25, -0.2) is 0 Å². The maximum absolute atomic E-state index is 8.64. The van der Waals surface area contributed by atoms with Gasteiger partial charge in [-0.3, -0.25) is 0 Å². The average molecular weight is 139 g/mol. The summed E-state index contributed by atoms with van der Waals surface area (Å²) in [5.41, 5.74) is -0.0930. The van der Waals surface area contributed by atoms with Gasteiger partial charge in [0, 0.05) is 0 Å². The number of hydrogen-bond donors (Lipinski definition) is 0. The molecule has 1 saturated carbocycles. The molecule has 1 fully saturated rings. The molecule has 0 atom stereocenters. The SMILES string of the molecule is CC(C)OCC1(C#N)CC1. The molecule has 1 aliphatic carbocycles. The number of ether oxygens (including phenoxy) is 1. The van der Waals surface area contributed by atoms with Gasteiger partial charge in [-0.1, -0.05) is 0 Å². The number of nitrogens with zero attached hydrogens (tertiary/aromatic N) is 1. The van der Waals surface area contributed by atoms with E-state index in [2.05, 4.69) is 6.07 Å². The number of nitriles is 1. The van der Waals surface area contributed by atoms with Crippen molar-refractivity contribution in [2.24, 2.45) is 5.41 Å². The summed E-state index contributed by atoms with van der Waals surface area (Å²) in [6.07, 6.45) is 2.30. The summed E-state index contributed by atoms with van der Waals surface area (Å²) in [4.78, 5) is 0. The molecule has 1 rings (SSSR count). The van der Waals surface area contributed by atoms with Gasteiger partial charge in [-0.05, 0) is 26.7 Å². The van der Waals surface area contributed by atoms with Crippen molar-refractivity contribution in [1.82, 2.24) is 0 Å². The van der Waals surface area contributed by atoms with Crippen LogP contribution in [-0.2, 0) is 4.74 Å². The van der Waals surface area contributed by atoms with Crippen LogP contribution in [0, 0.1) is 16.7 Å². The zero-order valence-electron chi connectivity index (χ0n) is 6.55. The molecule has 0 unspecified atom stereocenters. The van der Waals surface area contributed by atoms with Crippen LogP contribution in [0.15, 0.2) is 0 Å². The van der Waals surface area contributed by atoms with Crippen molar-refractivity contribution in [1.29, 1.82) is 5.26 Å². The van der Waals surface area contributed by atoms with Gasteiger partial charge in [0.25, 0.3) is 0 Å². The van der Waals surface area contributed by atoms with Gasteiger partial charge in [-0.2, -0.15) is 5.26 Å². The number of rotatable bonds is 3. The van der Waals surface area contributed by atoms with E-state index < -0.39 is 0 Å². The Labute approximate surface area is 61.8 Å². The van der Waals surface area contributed by atoms with E-state index in [4.69, 9.17) is 10.00 Å². The van der Waals surface area contributed by atoms with Gasteiger partial charge in [0.2, 0.25) is 0 Å². The van der Waals surface area contributed by atoms with Gasteiger partial charge >= 0.3 is 0 Å². The molecule has 0 aromatic rings. The maximum atomic E-state index is 8.64. The molecule has 0 heterocycles. The van der Waals surface area contributed by atoms with Crippen LogP contribution in [0.25, 0.3) is 0 Å². The maximum Gasteiger partial charge on any atom is 0.0808 e. The van der Waals surface area contributed by atoms with Crippen molar-refractivity contribution in [2.45, 2.75) is 32.8 Å². The molecule has 1 aliphatic rings. The Balaban J connectivity index is 2.21. The molecule has 10 heavy (non-hydrogen) atoms. The van der Waals surface area contributed by atoms with Gasteiger partial charge in [0.1, 0.15) is 0 Å². The Hall–Kier alpha value is -0.550. The molecule has 0 spiro atoms. The monoisotopic (exact) mass is 139 g/mol. The molecule has 0 aromatic heterocycles. The molecule has 2 nitrogen and oxygen atoms in total. The van der Waals surface area contributed by atoms with E-state index >= 15 is 0 Å². The second kappa shape index (κ2) is 2.59. The average Bonchev–Trinajstić information content (AvgIpc) is 2.64. The summed E-state index contributed by atoms with van der Waals surface area (Å²) in [5.74, 6) is 0. The lowest BCUT2D eigenvalue weighted by Gasteiger charge is -2.09. The van der Waals surface area contributed by atoms with Crippen LogP contribution in [0.3, 0.4) is 0 Å². The Kier molecular flexibility index (Phi) is 1.96. The molecule has 0 saturated heterocycles. The third-order valence-corrected chi connectivity index (χ3v) is 1.78. The molecule has 2 heteroatoms. The Morgan fingerprint density at radius 3 is 2.50 bits per heavy atom. The van der Waals surface area contributed by atoms with E-state index in [0.717, 1.165) is 12.8 Å². The summed E-state index contributed by atoms with van der Waals surface area (Å²) in [5, 5.41) is 8.64. The van der Waals surface area contributed by atoms with Gasteiger partial charge in [0.05, 0.1) is 24.2 Å². The molecule has 0 N–H and O–H groups in total. The topological polar surface area (TPSA) is 33.0 Å². The largest absolute Gasteiger partial charge is 0.377 e. The van der Waals surface area contributed by atoms with Crippen LogP contribution in [0.4, 0.5) is 0 Å². The molecule has 0 aromatic carbocycles. The van der Waals surface area contributed by atoms with Crippen molar-refractivity contribution in [2.75, 3.05) is 6.61 Å². The summed E-state index contributed by atoms with van der Waals surface area (Å²) in [6, 6.07) is 2.28. The lowest BCUT2D eigenvalue weighted by Crippen LogP contribution is -2.12. The quantitative estimate of drug-likeness (QED) is 0.596. The van der Waals surface area contributed by atoms with E-state index in [1.54, 1.807) is 0 Å². The molecule has 0 amide bonds. The third-order valence-electron chi connectivity index (χ3n) is 1.78. The second-order valence-electron chi connectivity index (χ2n) is 3.25. The van der Waals surface area contributed by atoms with Crippen LogP contribution in [0.5, 0.6) is 0 Å². The van der Waals surface area contributed by atoms with E-state index in [1.807, 2.05) is 13.8 Å². The van der Waals surface area contributed by atoms with E-state index in [-0.39, 0.29) is 11.5 Å². The molecule has 0 aliphatic heterocycles. The first kappa shape index (κ1) is 7.56. The Morgan fingerprint density at radius 2 is 2.20 bits per heavy atom. The minimum Gasteiger partial charge on any atom is -0.377 e. The fraction of sp³-hybridized carbons (Fsp3) is 0.875. The first-order valence-electron chi connectivity index (χ1n) is 3.71. The van der Waals surface area contributed by atoms with E-state index in [9.17, 15) is 0 Å². The highest BCUT2D eigenvalue weighted by Crippen LogP contribution is 2.45. The molecule has 0 radical (unpaired) electrons. The lowest BCUT2D eigenvalue weighted by atomic mass is 10.1. The number of hydrogen-bond acceptors (Lipinski definition) is 2. The van der Waals surface area contributed by atoms with Crippen molar-refractivity contribution in [3.8, 4) is 6.07 Å². The van der Waals surface area contributed by atoms with Crippen LogP contribution in [0.1, 0.15) is 26.7 Å². The summed E-state index contributed by atoms with van der Waals surface area (Å²) >= 11 is 0. The van der Waals surface area contributed by atoms with E-state index in [0.29, 0.717) is 6.61 Å². The van der Waals surface area contributed by atoms with Gasteiger partial charge < -0.3 is 4.74 Å². The summed E-state index contributed by atoms with van der Waals surface area (Å²) < 4.78 is 5.34. The van der Waals surface area contributed by atoms with Crippen molar-refractivity contribution < 1.29 is 4.74 Å². The lowest BCUT2D eigenvalue weighted by molar-refractivity contribution is 0.0571. The van der Waals surface area contributed by atoms with Crippen LogP contribution < -0.4 is 0 Å². The smallest absolute Gasteiger partial charge is 0.0808 e. The van der Waals surface area contributed by atoms with Crippen molar-refractivity contribution >= 4 is 0 Å². The van der Waals surface area contributed by atoms with E-state index in [1.165, 1.54) is 0 Å². The fourth-order valence-corrected chi connectivity index (χ4v) is 0.765. The predicted octanol–water partition coefficient (Wildman–Crippen LogP) is 1.72. The normalized spacial score (nSPS) is 20.6. The minimum atomic E-state index is -0.0930. The summed E-state index contributed by atoms with van der Waals surface area (Å²) in [6.45, 7) is 4.61.